The molecule has 11 heavy (non-hydrogen) atoms. The van der Waals surface area contributed by atoms with Gasteiger partial charge in [0.1, 0.15) is 5.82 Å². The average Bonchev–Trinajstić information content (AvgIpc) is 2.06. The van der Waals surface area contributed by atoms with E-state index in [4.69, 9.17) is 5.90 Å². The van der Waals surface area contributed by atoms with E-state index in [9.17, 15) is 0 Å². The highest BCUT2D eigenvalue weighted by molar-refractivity contribution is 5.37. The van der Waals surface area contributed by atoms with Gasteiger partial charge in [0.25, 0.3) is 0 Å². The number of hydrogen-bond donors (Lipinski definition) is 2. The van der Waals surface area contributed by atoms with Gasteiger partial charge in [-0.25, -0.2) is 4.98 Å². The highest BCUT2D eigenvalue weighted by Gasteiger charge is 1.92. The van der Waals surface area contributed by atoms with Gasteiger partial charge in [-0.2, -0.15) is 5.90 Å². The van der Waals surface area contributed by atoms with Crippen molar-refractivity contribution >= 4 is 5.82 Å². The van der Waals surface area contributed by atoms with Crippen molar-refractivity contribution in [1.82, 2.24) is 4.98 Å². The fourth-order valence-electron chi connectivity index (χ4n) is 0.609. The molecular formula is C7H9N3O. The van der Waals surface area contributed by atoms with E-state index in [1.165, 1.54) is 0 Å². The Bertz CT molecular complexity index is 235. The molecule has 0 aliphatic heterocycles. The first kappa shape index (κ1) is 7.56. The van der Waals surface area contributed by atoms with Crippen LogP contribution in [0.1, 0.15) is 0 Å². The summed E-state index contributed by atoms with van der Waals surface area (Å²) in [4.78, 5) is 8.27. The first-order valence-corrected chi connectivity index (χ1v) is 3.06. The third-order valence-corrected chi connectivity index (χ3v) is 1.07. The minimum atomic E-state index is 0.267. The molecule has 0 amide bonds. The maximum Gasteiger partial charge on any atom is 0.209 e. The Balaban J connectivity index is 2.58. The molecule has 1 aromatic heterocycles. The highest BCUT2D eigenvalue weighted by atomic mass is 16.6. The van der Waals surface area contributed by atoms with Crippen LogP contribution >= 0.6 is 0 Å². The fraction of sp³-hybridized carbons (Fsp3) is 0. The molecule has 0 radical (unpaired) electrons. The van der Waals surface area contributed by atoms with Gasteiger partial charge in [0.05, 0.1) is 0 Å². The van der Waals surface area contributed by atoms with Crippen LogP contribution in [0.15, 0.2) is 36.9 Å². The molecule has 0 spiro atoms. The molecule has 4 heteroatoms. The smallest absolute Gasteiger partial charge is 0.209 e. The molecule has 0 fully saturated rings. The topological polar surface area (TPSA) is 60.2 Å². The first-order valence-electron chi connectivity index (χ1n) is 3.06. The molecule has 0 bridgehead atoms. The van der Waals surface area contributed by atoms with E-state index in [1.807, 2.05) is 12.1 Å². The Hall–Kier alpha value is -1.55. The van der Waals surface area contributed by atoms with Crippen LogP contribution in [-0.2, 0) is 4.84 Å². The van der Waals surface area contributed by atoms with Crippen LogP contribution < -0.4 is 11.2 Å². The Morgan fingerprint density at radius 2 is 2.45 bits per heavy atom. The number of nitrogens with two attached hydrogens (primary N) is 1. The van der Waals surface area contributed by atoms with Gasteiger partial charge in [-0.3, -0.25) is 0 Å². The Morgan fingerprint density at radius 1 is 1.64 bits per heavy atom. The predicted octanol–water partition coefficient (Wildman–Crippen LogP) is 0.855. The first-order chi connectivity index (χ1) is 5.33. The molecule has 4 nitrogen and oxygen atoms in total. The molecule has 58 valence electrons. The maximum absolute atomic E-state index is 4.83. The van der Waals surface area contributed by atoms with Gasteiger partial charge in [0.15, 0.2) is 0 Å². The summed E-state index contributed by atoms with van der Waals surface area (Å²) in [7, 11) is 0. The number of rotatable bonds is 3. The summed E-state index contributed by atoms with van der Waals surface area (Å²) < 4.78 is 0. The SMILES string of the molecule is C=C(Nc1ccccn1)ON. The van der Waals surface area contributed by atoms with Crippen LogP contribution in [0, 0.1) is 0 Å². The molecule has 0 atom stereocenters. The summed E-state index contributed by atoms with van der Waals surface area (Å²) in [6.45, 7) is 3.47. The number of hydrogen-bond acceptors (Lipinski definition) is 4. The van der Waals surface area contributed by atoms with Crippen LogP contribution in [0.25, 0.3) is 0 Å². The summed E-state index contributed by atoms with van der Waals surface area (Å²) >= 11 is 0. The van der Waals surface area contributed by atoms with Crippen molar-refractivity contribution in [2.24, 2.45) is 5.90 Å². The molecule has 3 N–H and O–H groups in total. The molecule has 0 saturated carbocycles. The summed E-state index contributed by atoms with van der Waals surface area (Å²) in [5, 5.41) is 2.74. The largest absolute Gasteiger partial charge is 0.394 e. The summed E-state index contributed by atoms with van der Waals surface area (Å²) in [5.41, 5.74) is 0. The van der Waals surface area contributed by atoms with Gasteiger partial charge in [0, 0.05) is 6.20 Å². The third-order valence-electron chi connectivity index (χ3n) is 1.07. The fourth-order valence-corrected chi connectivity index (χ4v) is 0.609. The van der Waals surface area contributed by atoms with Crippen molar-refractivity contribution in [3.63, 3.8) is 0 Å². The van der Waals surface area contributed by atoms with Gasteiger partial charge >= 0.3 is 0 Å². The van der Waals surface area contributed by atoms with Crippen LogP contribution in [0.2, 0.25) is 0 Å². The molecular weight excluding hydrogens is 142 g/mol. The van der Waals surface area contributed by atoms with Crippen LogP contribution in [0.3, 0.4) is 0 Å². The molecule has 1 aromatic rings. The Kier molecular flexibility index (Phi) is 2.46. The van der Waals surface area contributed by atoms with E-state index in [1.54, 1.807) is 12.3 Å². The van der Waals surface area contributed by atoms with Crippen molar-refractivity contribution in [3.8, 4) is 0 Å². The van der Waals surface area contributed by atoms with E-state index >= 15 is 0 Å². The average molecular weight is 151 g/mol. The monoisotopic (exact) mass is 151 g/mol. The number of nitrogens with one attached hydrogen (secondary N) is 1. The van der Waals surface area contributed by atoms with Crippen LogP contribution in [0.5, 0.6) is 0 Å². The number of aromatic nitrogens is 1. The normalized spacial score (nSPS) is 8.82. The Labute approximate surface area is 64.6 Å². The number of anilines is 1. The lowest BCUT2D eigenvalue weighted by atomic mass is 10.5. The summed E-state index contributed by atoms with van der Waals surface area (Å²) in [6, 6.07) is 5.45. The van der Waals surface area contributed by atoms with E-state index in [0.717, 1.165) is 0 Å². The predicted molar refractivity (Wildman–Crippen MR) is 42.3 cm³/mol. The van der Waals surface area contributed by atoms with Crippen LogP contribution in [-0.4, -0.2) is 4.98 Å². The van der Waals surface area contributed by atoms with Gasteiger partial charge in [0.2, 0.25) is 5.88 Å². The van der Waals surface area contributed by atoms with Crippen molar-refractivity contribution in [2.75, 3.05) is 5.32 Å². The highest BCUT2D eigenvalue weighted by Crippen LogP contribution is 2.02. The molecule has 1 rings (SSSR count). The van der Waals surface area contributed by atoms with Crippen LogP contribution in [0.4, 0.5) is 5.82 Å². The lowest BCUT2D eigenvalue weighted by molar-refractivity contribution is 0.227. The van der Waals surface area contributed by atoms with Gasteiger partial charge < -0.3 is 10.2 Å². The number of pyridine rings is 1. The van der Waals surface area contributed by atoms with E-state index in [2.05, 4.69) is 21.7 Å². The van der Waals surface area contributed by atoms with Crippen molar-refractivity contribution < 1.29 is 4.84 Å². The zero-order valence-electron chi connectivity index (χ0n) is 5.95. The molecule has 0 saturated heterocycles. The molecule has 0 aliphatic rings. The number of nitrogens with zero attached hydrogens (tertiary/aromatic N) is 1. The van der Waals surface area contributed by atoms with Gasteiger partial charge in [-0.1, -0.05) is 6.07 Å². The quantitative estimate of drug-likeness (QED) is 0.496. The molecule has 0 aromatic carbocycles. The zero-order valence-corrected chi connectivity index (χ0v) is 5.95. The molecule has 1 heterocycles. The lowest BCUT2D eigenvalue weighted by Crippen LogP contribution is -2.07. The summed E-state index contributed by atoms with van der Waals surface area (Å²) in [5.74, 6) is 5.75. The van der Waals surface area contributed by atoms with Gasteiger partial charge in [-0.05, 0) is 18.7 Å². The summed E-state index contributed by atoms with van der Waals surface area (Å²) in [6.07, 6.45) is 1.66. The third kappa shape index (κ3) is 2.27. The second-order valence-electron chi connectivity index (χ2n) is 1.88. The maximum atomic E-state index is 4.83. The van der Waals surface area contributed by atoms with E-state index < -0.39 is 0 Å². The van der Waals surface area contributed by atoms with Crippen molar-refractivity contribution in [2.45, 2.75) is 0 Å². The second-order valence-corrected chi connectivity index (χ2v) is 1.88. The lowest BCUT2D eigenvalue weighted by Gasteiger charge is -2.04. The van der Waals surface area contributed by atoms with Crippen molar-refractivity contribution in [1.29, 1.82) is 0 Å². The minimum Gasteiger partial charge on any atom is -0.394 e. The van der Waals surface area contributed by atoms with E-state index in [-0.39, 0.29) is 5.88 Å². The minimum absolute atomic E-state index is 0.267. The molecule has 0 aliphatic carbocycles. The molecule has 0 unspecified atom stereocenters. The zero-order chi connectivity index (χ0) is 8.10. The van der Waals surface area contributed by atoms with E-state index in [0.29, 0.717) is 5.82 Å². The van der Waals surface area contributed by atoms with Crippen molar-refractivity contribution in [3.05, 3.63) is 36.9 Å². The second kappa shape index (κ2) is 3.58. The standard InChI is InChI=1S/C7H9N3O/c1-6(11-8)10-7-4-2-3-5-9-7/h2-5H,1,8H2,(H,9,10). The Morgan fingerprint density at radius 3 is 3.00 bits per heavy atom. The van der Waals surface area contributed by atoms with Gasteiger partial charge in [-0.15, -0.1) is 0 Å².